The Morgan fingerprint density at radius 2 is 2.30 bits per heavy atom. The number of aliphatic imine (C=N–C) groups is 1. The van der Waals surface area contributed by atoms with Gasteiger partial charge in [0, 0.05) is 29.4 Å². The van der Waals surface area contributed by atoms with Crippen molar-refractivity contribution in [3.63, 3.8) is 0 Å². The molecule has 1 aromatic carbocycles. The second kappa shape index (κ2) is 6.09. The first-order valence-corrected chi connectivity index (χ1v) is 8.83. The lowest BCUT2D eigenvalue weighted by Crippen LogP contribution is -2.34. The lowest BCUT2D eigenvalue weighted by molar-refractivity contribution is -0.131. The number of fused-ring (bicyclic) bond motifs is 2. The largest absolute Gasteiger partial charge is 0.491 e. The van der Waals surface area contributed by atoms with Gasteiger partial charge >= 0.3 is 0 Å². The Bertz CT molecular complexity index is 719. The molecule has 1 amide bonds. The fraction of sp³-hybridized carbons (Fsp3) is 0.375. The van der Waals surface area contributed by atoms with E-state index < -0.39 is 0 Å². The minimum atomic E-state index is 0.112. The lowest BCUT2D eigenvalue weighted by Gasteiger charge is -2.22. The molecule has 0 spiro atoms. The predicted octanol–water partition coefficient (Wildman–Crippen LogP) is 2.71. The molecule has 0 aliphatic carbocycles. The van der Waals surface area contributed by atoms with E-state index in [0.717, 1.165) is 35.3 Å². The Morgan fingerprint density at radius 1 is 1.39 bits per heavy atom. The third kappa shape index (κ3) is 2.93. The second-order valence-electron chi connectivity index (χ2n) is 5.64. The minimum Gasteiger partial charge on any atom is -0.491 e. The molecule has 0 radical (unpaired) electrons. The highest BCUT2D eigenvalue weighted by atomic mass is 35.5. The van der Waals surface area contributed by atoms with Crippen molar-refractivity contribution in [2.45, 2.75) is 13.0 Å². The number of hydrogen-bond acceptors (Lipinski definition) is 5. The van der Waals surface area contributed by atoms with Gasteiger partial charge in [0.1, 0.15) is 12.4 Å². The number of carbonyl (C=O) groups excluding carboxylic acids is 1. The normalized spacial score (nSPS) is 19.5. The van der Waals surface area contributed by atoms with Crippen LogP contribution in [0.15, 0.2) is 34.3 Å². The Morgan fingerprint density at radius 3 is 3.22 bits per heavy atom. The van der Waals surface area contributed by atoms with Crippen LogP contribution < -0.4 is 4.74 Å². The second-order valence-corrected chi connectivity index (χ2v) is 6.91. The van der Waals surface area contributed by atoms with Crippen molar-refractivity contribution in [1.29, 1.82) is 0 Å². The van der Waals surface area contributed by atoms with Crippen molar-refractivity contribution in [2.24, 2.45) is 4.99 Å². The van der Waals surface area contributed by atoms with Crippen LogP contribution in [0.1, 0.15) is 12.0 Å². The highest BCUT2D eigenvalue weighted by Gasteiger charge is 2.29. The molecule has 0 saturated carbocycles. The molecular formula is C16H16ClN3O2S. The van der Waals surface area contributed by atoms with Gasteiger partial charge in [0.05, 0.1) is 19.5 Å². The fourth-order valence-electron chi connectivity index (χ4n) is 2.96. The minimum absolute atomic E-state index is 0.112. The summed E-state index contributed by atoms with van der Waals surface area (Å²) in [6.45, 7) is 3.33. The molecule has 5 nitrogen and oxygen atoms in total. The maximum absolute atomic E-state index is 12.7. The van der Waals surface area contributed by atoms with Crippen molar-refractivity contribution >= 4 is 34.4 Å². The Hall–Kier alpha value is -1.66. The predicted molar refractivity (Wildman–Crippen MR) is 91.7 cm³/mol. The van der Waals surface area contributed by atoms with E-state index in [1.54, 1.807) is 11.8 Å². The summed E-state index contributed by atoms with van der Waals surface area (Å²) in [6, 6.07) is 5.56. The number of carbonyl (C=O) groups is 1. The van der Waals surface area contributed by atoms with Gasteiger partial charge in [-0.15, -0.1) is 0 Å². The zero-order valence-electron chi connectivity index (χ0n) is 12.5. The van der Waals surface area contributed by atoms with Gasteiger partial charge in [-0.3, -0.25) is 9.79 Å². The number of amidine groups is 1. The molecule has 3 aliphatic heterocycles. The molecule has 3 aliphatic rings. The molecular weight excluding hydrogens is 334 g/mol. The van der Waals surface area contributed by atoms with Crippen LogP contribution in [0.2, 0.25) is 5.02 Å². The summed E-state index contributed by atoms with van der Waals surface area (Å²) in [7, 11) is 0. The number of hydrogen-bond donors (Lipinski definition) is 0. The van der Waals surface area contributed by atoms with Gasteiger partial charge in [0.15, 0.2) is 5.17 Å². The molecule has 0 saturated heterocycles. The smallest absolute Gasteiger partial charge is 0.228 e. The summed E-state index contributed by atoms with van der Waals surface area (Å²) in [5.74, 6) is 0.927. The molecule has 23 heavy (non-hydrogen) atoms. The van der Waals surface area contributed by atoms with Crippen LogP contribution >= 0.6 is 23.4 Å². The summed E-state index contributed by atoms with van der Waals surface area (Å²) in [4.78, 5) is 21.1. The molecule has 0 bridgehead atoms. The van der Waals surface area contributed by atoms with Crippen molar-refractivity contribution in [1.82, 2.24) is 9.80 Å². The number of ether oxygens (including phenoxy) is 1. The number of thioether (sulfide) groups is 1. The number of rotatable bonds is 2. The number of amides is 1. The van der Waals surface area contributed by atoms with Crippen molar-refractivity contribution < 1.29 is 9.53 Å². The van der Waals surface area contributed by atoms with Gasteiger partial charge in [-0.1, -0.05) is 23.4 Å². The molecule has 3 heterocycles. The quantitative estimate of drug-likeness (QED) is 0.823. The van der Waals surface area contributed by atoms with Crippen molar-refractivity contribution in [3.8, 4) is 5.75 Å². The Kier molecular flexibility index (Phi) is 3.95. The first-order valence-electron chi connectivity index (χ1n) is 7.57. The van der Waals surface area contributed by atoms with E-state index in [9.17, 15) is 4.79 Å². The Labute approximate surface area is 143 Å². The van der Waals surface area contributed by atoms with E-state index in [1.165, 1.54) is 0 Å². The van der Waals surface area contributed by atoms with Crippen molar-refractivity contribution in [2.75, 3.05) is 26.2 Å². The summed E-state index contributed by atoms with van der Waals surface area (Å²) >= 11 is 7.67. The van der Waals surface area contributed by atoms with Crippen LogP contribution in [0, 0.1) is 0 Å². The zero-order valence-corrected chi connectivity index (χ0v) is 14.1. The average Bonchev–Trinajstić information content (AvgIpc) is 3.07. The fourth-order valence-corrected chi connectivity index (χ4v) is 4.11. The number of benzene rings is 1. The van der Waals surface area contributed by atoms with E-state index in [4.69, 9.17) is 16.3 Å². The third-order valence-corrected chi connectivity index (χ3v) is 5.32. The van der Waals surface area contributed by atoms with Crippen molar-refractivity contribution in [3.05, 3.63) is 39.9 Å². The molecule has 0 atom stereocenters. The summed E-state index contributed by atoms with van der Waals surface area (Å²) in [5.41, 5.74) is 2.01. The van der Waals surface area contributed by atoms with Gasteiger partial charge in [-0.25, -0.2) is 0 Å². The van der Waals surface area contributed by atoms with Crippen LogP contribution in [0.4, 0.5) is 0 Å². The van der Waals surface area contributed by atoms with Crippen LogP contribution in [-0.2, 0) is 11.3 Å². The summed E-state index contributed by atoms with van der Waals surface area (Å²) in [6.07, 6.45) is 0.405. The molecule has 1 aromatic rings. The molecule has 0 fully saturated rings. The highest BCUT2D eigenvalue weighted by Crippen LogP contribution is 2.32. The zero-order chi connectivity index (χ0) is 15.8. The molecule has 0 unspecified atom stereocenters. The topological polar surface area (TPSA) is 45.1 Å². The van der Waals surface area contributed by atoms with E-state index >= 15 is 0 Å². The van der Waals surface area contributed by atoms with Gasteiger partial charge in [0.25, 0.3) is 0 Å². The molecule has 7 heteroatoms. The van der Waals surface area contributed by atoms with E-state index in [0.29, 0.717) is 31.1 Å². The third-order valence-electron chi connectivity index (χ3n) is 4.14. The highest BCUT2D eigenvalue weighted by molar-refractivity contribution is 8.16. The van der Waals surface area contributed by atoms with E-state index in [1.807, 2.05) is 28.5 Å². The first kappa shape index (κ1) is 14.9. The maximum Gasteiger partial charge on any atom is 0.228 e. The van der Waals surface area contributed by atoms with Crippen LogP contribution in [0.3, 0.4) is 0 Å². The van der Waals surface area contributed by atoms with Gasteiger partial charge in [-0.05, 0) is 23.6 Å². The monoisotopic (exact) mass is 349 g/mol. The van der Waals surface area contributed by atoms with Gasteiger partial charge < -0.3 is 14.5 Å². The van der Waals surface area contributed by atoms with E-state index in [2.05, 4.69) is 9.89 Å². The van der Waals surface area contributed by atoms with Gasteiger partial charge in [-0.2, -0.15) is 0 Å². The molecule has 4 rings (SSSR count). The first-order chi connectivity index (χ1) is 11.2. The van der Waals surface area contributed by atoms with Crippen LogP contribution in [0.25, 0.3) is 0 Å². The van der Waals surface area contributed by atoms with E-state index in [-0.39, 0.29) is 5.91 Å². The molecule has 0 N–H and O–H groups in total. The number of halogens is 1. The number of nitrogens with zero attached hydrogens (tertiary/aromatic N) is 3. The summed E-state index contributed by atoms with van der Waals surface area (Å²) in [5, 5.41) is 3.72. The van der Waals surface area contributed by atoms with Gasteiger partial charge in [0.2, 0.25) is 5.91 Å². The Balaban J connectivity index is 1.47. The van der Waals surface area contributed by atoms with Crippen LogP contribution in [0.5, 0.6) is 5.75 Å². The average molecular weight is 350 g/mol. The molecule has 0 aromatic heterocycles. The lowest BCUT2D eigenvalue weighted by atomic mass is 10.2. The SMILES string of the molecule is O=C(CC1=CSC2=NCCN12)N1CCOc2ccc(Cl)cc2C1. The summed E-state index contributed by atoms with van der Waals surface area (Å²) < 4.78 is 5.72. The molecule has 120 valence electrons. The van der Waals surface area contributed by atoms with Crippen LogP contribution in [-0.4, -0.2) is 47.1 Å². The maximum atomic E-state index is 12.7. The standard InChI is InChI=1S/C16H16ClN3O2S/c17-12-1-2-14-11(7-12)9-19(5-6-22-14)15(21)8-13-10-23-16-18-3-4-20(13)16/h1-2,7,10H,3-6,8-9H2.